The van der Waals surface area contributed by atoms with Crippen molar-refractivity contribution >= 4 is 28.2 Å². The van der Waals surface area contributed by atoms with E-state index in [4.69, 9.17) is 0 Å². The van der Waals surface area contributed by atoms with Crippen LogP contribution in [0.5, 0.6) is 0 Å². The molecule has 0 bridgehead atoms. The molecule has 0 atom stereocenters. The number of hydrazone groups is 1. The molecule has 120 valence electrons. The Hall–Kier alpha value is -2.99. The van der Waals surface area contributed by atoms with E-state index >= 15 is 0 Å². The largest absolute Gasteiger partial charge is 0.324 e. The Morgan fingerprint density at radius 3 is 2.29 bits per heavy atom. The lowest BCUT2D eigenvalue weighted by molar-refractivity contribution is -0.380. The van der Waals surface area contributed by atoms with Gasteiger partial charge in [0.1, 0.15) is 0 Å². The summed E-state index contributed by atoms with van der Waals surface area (Å²) in [5.41, 5.74) is 2.10. The second kappa shape index (κ2) is 7.52. The minimum atomic E-state index is -0.388. The van der Waals surface area contributed by atoms with Crippen molar-refractivity contribution in [1.82, 2.24) is 0 Å². The van der Waals surface area contributed by atoms with Crippen LogP contribution in [-0.2, 0) is 6.54 Å². The lowest BCUT2D eigenvalue weighted by Gasteiger charge is -2.19. The van der Waals surface area contributed by atoms with Crippen molar-refractivity contribution in [1.29, 1.82) is 0 Å². The van der Waals surface area contributed by atoms with Gasteiger partial charge in [-0.05, 0) is 23.8 Å². The highest BCUT2D eigenvalue weighted by Gasteiger charge is 2.09. The van der Waals surface area contributed by atoms with Gasteiger partial charge in [-0.25, -0.2) is 0 Å². The van der Waals surface area contributed by atoms with Gasteiger partial charge in [0.05, 0.1) is 28.2 Å². The van der Waals surface area contributed by atoms with Crippen LogP contribution in [0.15, 0.2) is 77.9 Å². The third-order valence-electron chi connectivity index (χ3n) is 3.35. The Bertz CT molecular complexity index is 832. The predicted octanol–water partition coefficient (Wildman–Crippen LogP) is 4.70. The van der Waals surface area contributed by atoms with Gasteiger partial charge in [-0.15, -0.1) is 0 Å². The summed E-state index contributed by atoms with van der Waals surface area (Å²) in [7, 11) is 0. The van der Waals surface area contributed by atoms with Crippen LogP contribution in [0.2, 0.25) is 0 Å². The first-order chi connectivity index (χ1) is 11.7. The van der Waals surface area contributed by atoms with Crippen molar-refractivity contribution in [3.05, 3.63) is 93.4 Å². The van der Waals surface area contributed by atoms with E-state index in [0.29, 0.717) is 6.54 Å². The maximum absolute atomic E-state index is 10.8. The van der Waals surface area contributed by atoms with Crippen LogP contribution < -0.4 is 5.01 Å². The molecule has 1 aromatic heterocycles. The lowest BCUT2D eigenvalue weighted by Crippen LogP contribution is -2.15. The maximum atomic E-state index is 10.8. The Kier molecular flexibility index (Phi) is 4.98. The van der Waals surface area contributed by atoms with Gasteiger partial charge in [0.2, 0.25) is 0 Å². The molecule has 6 heteroatoms. The topological polar surface area (TPSA) is 58.7 Å². The van der Waals surface area contributed by atoms with Crippen LogP contribution in [0.4, 0.5) is 10.7 Å². The molecule has 0 amide bonds. The Labute approximate surface area is 143 Å². The summed E-state index contributed by atoms with van der Waals surface area (Å²) < 4.78 is 0. The van der Waals surface area contributed by atoms with E-state index in [0.717, 1.165) is 27.5 Å². The average molecular weight is 337 g/mol. The second-order valence-corrected chi connectivity index (χ2v) is 6.15. The van der Waals surface area contributed by atoms with Crippen molar-refractivity contribution in [3.63, 3.8) is 0 Å². The molecular formula is C18H15N3O2S. The summed E-state index contributed by atoms with van der Waals surface area (Å²) >= 11 is 1.11. The Morgan fingerprint density at radius 1 is 1.00 bits per heavy atom. The average Bonchev–Trinajstić information content (AvgIpc) is 3.09. The van der Waals surface area contributed by atoms with Crippen molar-refractivity contribution < 1.29 is 4.92 Å². The van der Waals surface area contributed by atoms with E-state index in [-0.39, 0.29) is 9.92 Å². The zero-order valence-corrected chi connectivity index (χ0v) is 13.6. The molecule has 0 unspecified atom stereocenters. The Balaban J connectivity index is 1.84. The lowest BCUT2D eigenvalue weighted by atomic mass is 10.2. The number of hydrogen-bond acceptors (Lipinski definition) is 5. The molecule has 0 aliphatic carbocycles. The van der Waals surface area contributed by atoms with Gasteiger partial charge in [-0.1, -0.05) is 59.9 Å². The molecule has 0 spiro atoms. The van der Waals surface area contributed by atoms with Crippen LogP contribution >= 0.6 is 11.3 Å². The summed E-state index contributed by atoms with van der Waals surface area (Å²) in [6, 6.07) is 23.1. The predicted molar refractivity (Wildman–Crippen MR) is 97.6 cm³/mol. The number of para-hydroxylation sites is 1. The van der Waals surface area contributed by atoms with Crippen LogP contribution in [-0.4, -0.2) is 11.1 Å². The molecule has 0 aliphatic heterocycles. The fourth-order valence-corrected chi connectivity index (χ4v) is 2.88. The number of rotatable bonds is 6. The molecule has 0 saturated heterocycles. The smallest absolute Gasteiger partial charge is 0.261 e. The molecule has 0 fully saturated rings. The van der Waals surface area contributed by atoms with Crippen LogP contribution in [0.25, 0.3) is 0 Å². The highest BCUT2D eigenvalue weighted by Crippen LogP contribution is 2.23. The number of hydrogen-bond donors (Lipinski definition) is 0. The molecule has 2 aromatic carbocycles. The first-order valence-corrected chi connectivity index (χ1v) is 8.19. The highest BCUT2D eigenvalue weighted by atomic mass is 32.1. The van der Waals surface area contributed by atoms with Crippen molar-refractivity contribution in [2.75, 3.05) is 5.01 Å². The summed E-state index contributed by atoms with van der Waals surface area (Å²) in [4.78, 5) is 11.1. The second-order valence-electron chi connectivity index (χ2n) is 5.06. The van der Waals surface area contributed by atoms with Crippen LogP contribution in [0, 0.1) is 10.1 Å². The van der Waals surface area contributed by atoms with Crippen molar-refractivity contribution in [2.45, 2.75) is 6.54 Å². The molecule has 5 nitrogen and oxygen atoms in total. The molecule has 0 N–H and O–H groups in total. The fraction of sp³-hybridized carbons (Fsp3) is 0.0556. The normalized spacial score (nSPS) is 10.8. The molecule has 0 saturated carbocycles. The van der Waals surface area contributed by atoms with Crippen LogP contribution in [0.1, 0.15) is 10.4 Å². The minimum absolute atomic E-state index is 0.116. The van der Waals surface area contributed by atoms with E-state index < -0.39 is 0 Å². The van der Waals surface area contributed by atoms with E-state index in [1.807, 2.05) is 65.7 Å². The minimum Gasteiger partial charge on any atom is -0.261 e. The van der Waals surface area contributed by atoms with E-state index in [1.54, 1.807) is 12.3 Å². The monoisotopic (exact) mass is 337 g/mol. The van der Waals surface area contributed by atoms with Gasteiger partial charge in [-0.3, -0.25) is 15.1 Å². The van der Waals surface area contributed by atoms with Gasteiger partial charge in [-0.2, -0.15) is 5.10 Å². The van der Waals surface area contributed by atoms with Crippen molar-refractivity contribution in [3.8, 4) is 0 Å². The maximum Gasteiger partial charge on any atom is 0.324 e. The van der Waals surface area contributed by atoms with Gasteiger partial charge in [0.15, 0.2) is 0 Å². The van der Waals surface area contributed by atoms with E-state index in [9.17, 15) is 10.1 Å². The van der Waals surface area contributed by atoms with Gasteiger partial charge >= 0.3 is 5.00 Å². The van der Waals surface area contributed by atoms with Crippen molar-refractivity contribution in [2.24, 2.45) is 5.10 Å². The molecule has 3 rings (SSSR count). The van der Waals surface area contributed by atoms with Gasteiger partial charge in [0, 0.05) is 6.07 Å². The quantitative estimate of drug-likeness (QED) is 0.372. The number of anilines is 1. The standard InChI is InChI=1S/C18H15N3O2S/c22-21(23)18-12-11-17(24-18)13-19-20(16-9-5-2-6-10-16)14-15-7-3-1-4-8-15/h1-13H,14H2. The highest BCUT2D eigenvalue weighted by molar-refractivity contribution is 7.16. The zero-order valence-electron chi connectivity index (χ0n) is 12.8. The SMILES string of the molecule is O=[N+]([O-])c1ccc(C=NN(Cc2ccccc2)c2ccccc2)s1. The molecule has 3 aromatic rings. The van der Waals surface area contributed by atoms with Gasteiger partial charge in [0.25, 0.3) is 0 Å². The molecule has 1 heterocycles. The Morgan fingerprint density at radius 2 is 1.67 bits per heavy atom. The number of nitrogens with zero attached hydrogens (tertiary/aromatic N) is 3. The summed E-state index contributed by atoms with van der Waals surface area (Å²) in [6.07, 6.45) is 1.66. The third kappa shape index (κ3) is 4.05. The first-order valence-electron chi connectivity index (χ1n) is 7.37. The van der Waals surface area contributed by atoms with Crippen LogP contribution in [0.3, 0.4) is 0 Å². The fourth-order valence-electron chi connectivity index (χ4n) is 2.19. The third-order valence-corrected chi connectivity index (χ3v) is 4.32. The number of benzene rings is 2. The first kappa shape index (κ1) is 15.9. The number of nitro groups is 1. The molecular weight excluding hydrogens is 322 g/mol. The summed E-state index contributed by atoms with van der Waals surface area (Å²) in [6.45, 7) is 0.620. The van der Waals surface area contributed by atoms with E-state index in [2.05, 4.69) is 5.10 Å². The summed E-state index contributed by atoms with van der Waals surface area (Å²) in [5.74, 6) is 0. The molecule has 0 aliphatic rings. The van der Waals surface area contributed by atoms with E-state index in [1.165, 1.54) is 6.07 Å². The zero-order chi connectivity index (χ0) is 16.8. The molecule has 24 heavy (non-hydrogen) atoms. The summed E-state index contributed by atoms with van der Waals surface area (Å²) in [5, 5.41) is 17.3. The molecule has 0 radical (unpaired) electrons. The van der Waals surface area contributed by atoms with Gasteiger partial charge < -0.3 is 0 Å². The number of thiophene rings is 1.